The van der Waals surface area contributed by atoms with E-state index >= 15 is 0 Å². The van der Waals surface area contributed by atoms with Crippen molar-refractivity contribution in [2.75, 3.05) is 7.11 Å². The number of benzene rings is 3. The fourth-order valence-electron chi connectivity index (χ4n) is 4.77. The first-order valence-corrected chi connectivity index (χ1v) is 11.2. The normalized spacial score (nSPS) is 15.1. The minimum absolute atomic E-state index is 0.0700. The van der Waals surface area contributed by atoms with Crippen molar-refractivity contribution in [2.24, 2.45) is 0 Å². The first-order chi connectivity index (χ1) is 17.4. The Morgan fingerprint density at radius 3 is 2.64 bits per heavy atom. The second-order valence-electron chi connectivity index (χ2n) is 8.55. The number of nitrogens with one attached hydrogen (secondary N) is 1. The minimum atomic E-state index is -0.730. The molecule has 1 aliphatic rings. The molecule has 0 saturated heterocycles. The number of fused-ring (bicyclic) bond motifs is 4. The van der Waals surface area contributed by atoms with Crippen molar-refractivity contribution in [1.82, 2.24) is 4.98 Å². The zero-order chi connectivity index (χ0) is 25.0. The van der Waals surface area contributed by atoms with Gasteiger partial charge in [0.05, 0.1) is 24.5 Å². The summed E-state index contributed by atoms with van der Waals surface area (Å²) in [6, 6.07) is 15.9. The summed E-state index contributed by atoms with van der Waals surface area (Å²) < 4.78 is 31.0. The highest BCUT2D eigenvalue weighted by Gasteiger charge is 2.34. The van der Waals surface area contributed by atoms with E-state index in [1.807, 2.05) is 0 Å². The van der Waals surface area contributed by atoms with Crippen molar-refractivity contribution in [3.63, 3.8) is 0 Å². The number of aromatic nitrogens is 1. The third-order valence-corrected chi connectivity index (χ3v) is 6.50. The number of esters is 1. The smallest absolute Gasteiger partial charge is 0.312 e. The zero-order valence-electron chi connectivity index (χ0n) is 19.0. The fraction of sp³-hybridized carbons (Fsp3) is 0.107. The monoisotopic (exact) mass is 483 g/mol. The van der Waals surface area contributed by atoms with Gasteiger partial charge in [0.15, 0.2) is 0 Å². The predicted octanol–water partition coefficient (Wildman–Crippen LogP) is 4.89. The summed E-state index contributed by atoms with van der Waals surface area (Å²) >= 11 is 0. The number of carbonyl (C=O) groups excluding carboxylic acids is 1. The summed E-state index contributed by atoms with van der Waals surface area (Å²) in [5.41, 5.74) is 0.910. The number of pyridine rings is 1. The van der Waals surface area contributed by atoms with E-state index in [1.165, 1.54) is 36.6 Å². The fourth-order valence-corrected chi connectivity index (χ4v) is 4.77. The average Bonchev–Trinajstić information content (AvgIpc) is 2.88. The molecule has 36 heavy (non-hydrogen) atoms. The first-order valence-electron chi connectivity index (χ1n) is 11.2. The van der Waals surface area contributed by atoms with E-state index in [4.69, 9.17) is 13.9 Å². The van der Waals surface area contributed by atoms with Crippen molar-refractivity contribution < 1.29 is 23.1 Å². The van der Waals surface area contributed by atoms with Gasteiger partial charge >= 0.3 is 5.97 Å². The summed E-state index contributed by atoms with van der Waals surface area (Å²) in [7, 11) is 1.55. The van der Waals surface area contributed by atoms with E-state index in [1.54, 1.807) is 37.4 Å². The van der Waals surface area contributed by atoms with Crippen molar-refractivity contribution >= 4 is 27.8 Å². The van der Waals surface area contributed by atoms with Gasteiger partial charge in [-0.05, 0) is 42.5 Å². The van der Waals surface area contributed by atoms with Crippen LogP contribution < -0.4 is 20.5 Å². The molecule has 0 bridgehead atoms. The van der Waals surface area contributed by atoms with Crippen molar-refractivity contribution in [1.29, 1.82) is 0 Å². The van der Waals surface area contributed by atoms with Gasteiger partial charge in [-0.25, -0.2) is 4.39 Å². The van der Waals surface area contributed by atoms with Gasteiger partial charge in [0.1, 0.15) is 29.2 Å². The van der Waals surface area contributed by atoms with Gasteiger partial charge < -0.3 is 18.9 Å². The number of ether oxygens (including phenoxy) is 2. The maximum Gasteiger partial charge on any atom is 0.312 e. The molecule has 0 unspecified atom stereocenters. The molecule has 3 heterocycles. The van der Waals surface area contributed by atoms with Crippen LogP contribution in [0.2, 0.25) is 0 Å². The molecule has 178 valence electrons. The van der Waals surface area contributed by atoms with E-state index < -0.39 is 23.1 Å². The third kappa shape index (κ3) is 3.38. The van der Waals surface area contributed by atoms with Crippen LogP contribution in [0.3, 0.4) is 0 Å². The summed E-state index contributed by atoms with van der Waals surface area (Å²) in [6.45, 7) is 0. The van der Waals surface area contributed by atoms with Crippen molar-refractivity contribution in [3.8, 4) is 22.6 Å². The standard InChI is InChI=1S/C28H18FNO6/c1-34-15-6-8-22-14(10-15)11-19(28(33)30-22)18-12-24(31)36-23-9-7-17-26(32)20(13-35-27(17)25(18)23)16-4-2-3-5-21(16)29/h2-11,13,18H,12H2,1H3,(H,30,33)/t18-/m1/s1. The molecular weight excluding hydrogens is 465 g/mol. The maximum atomic E-state index is 14.4. The molecule has 0 amide bonds. The van der Waals surface area contributed by atoms with E-state index in [0.717, 1.165) is 0 Å². The second kappa shape index (κ2) is 8.20. The Morgan fingerprint density at radius 2 is 1.83 bits per heavy atom. The maximum absolute atomic E-state index is 14.4. The van der Waals surface area contributed by atoms with E-state index in [0.29, 0.717) is 27.8 Å². The number of methoxy groups -OCH3 is 1. The summed E-state index contributed by atoms with van der Waals surface area (Å²) in [4.78, 5) is 41.8. The van der Waals surface area contributed by atoms with E-state index in [9.17, 15) is 18.8 Å². The van der Waals surface area contributed by atoms with E-state index in [-0.39, 0.29) is 39.8 Å². The third-order valence-electron chi connectivity index (χ3n) is 6.50. The number of carbonyl (C=O) groups is 1. The SMILES string of the molecule is COc1ccc2[nH]c(=O)c([C@H]3CC(=O)Oc4ccc5c(=O)c(-c6ccccc6F)coc5c43)cc2c1. The molecule has 8 heteroatoms. The number of hydrogen-bond acceptors (Lipinski definition) is 6. The molecule has 6 rings (SSSR count). The van der Waals surface area contributed by atoms with Crippen LogP contribution in [0.25, 0.3) is 33.0 Å². The van der Waals surface area contributed by atoms with Crippen LogP contribution in [0.15, 0.2) is 80.9 Å². The van der Waals surface area contributed by atoms with Crippen molar-refractivity contribution in [3.05, 3.63) is 104 Å². The number of aromatic amines is 1. The molecular formula is C28H18FNO6. The molecule has 3 aromatic carbocycles. The van der Waals surface area contributed by atoms with Gasteiger partial charge in [-0.2, -0.15) is 0 Å². The Kier molecular flexibility index (Phi) is 4.96. The number of rotatable bonds is 3. The molecule has 5 aromatic rings. The van der Waals surface area contributed by atoms with Gasteiger partial charge in [-0.15, -0.1) is 0 Å². The quantitative estimate of drug-likeness (QED) is 0.290. The van der Waals surface area contributed by atoms with Crippen LogP contribution in [0, 0.1) is 5.82 Å². The lowest BCUT2D eigenvalue weighted by atomic mass is 9.85. The lowest BCUT2D eigenvalue weighted by molar-refractivity contribution is -0.135. The number of halogens is 1. The number of hydrogen-bond donors (Lipinski definition) is 1. The Hall–Kier alpha value is -4.72. The van der Waals surface area contributed by atoms with Crippen LogP contribution in [0.4, 0.5) is 4.39 Å². The van der Waals surface area contributed by atoms with Crippen LogP contribution in [-0.4, -0.2) is 18.1 Å². The lowest BCUT2D eigenvalue weighted by Crippen LogP contribution is -2.26. The Morgan fingerprint density at radius 1 is 1.00 bits per heavy atom. The average molecular weight is 483 g/mol. The highest BCUT2D eigenvalue weighted by molar-refractivity contribution is 5.90. The lowest BCUT2D eigenvalue weighted by Gasteiger charge is -2.25. The van der Waals surface area contributed by atoms with Gasteiger partial charge in [-0.3, -0.25) is 14.4 Å². The largest absolute Gasteiger partial charge is 0.497 e. The Balaban J connectivity index is 1.59. The van der Waals surface area contributed by atoms with Gasteiger partial charge in [0.2, 0.25) is 5.43 Å². The van der Waals surface area contributed by atoms with Crippen LogP contribution >= 0.6 is 0 Å². The second-order valence-corrected chi connectivity index (χ2v) is 8.55. The summed E-state index contributed by atoms with van der Waals surface area (Å²) in [5.74, 6) is -0.974. The minimum Gasteiger partial charge on any atom is -0.497 e. The molecule has 0 saturated carbocycles. The summed E-state index contributed by atoms with van der Waals surface area (Å²) in [6.07, 6.45) is 1.08. The highest BCUT2D eigenvalue weighted by Crippen LogP contribution is 2.42. The van der Waals surface area contributed by atoms with Gasteiger partial charge in [0, 0.05) is 33.5 Å². The van der Waals surface area contributed by atoms with E-state index in [2.05, 4.69) is 4.98 Å². The number of H-pyrrole nitrogens is 1. The zero-order valence-corrected chi connectivity index (χ0v) is 19.0. The van der Waals surface area contributed by atoms with Crippen molar-refractivity contribution in [2.45, 2.75) is 12.3 Å². The molecule has 1 atom stereocenters. The Bertz CT molecular complexity index is 1820. The predicted molar refractivity (Wildman–Crippen MR) is 131 cm³/mol. The molecule has 0 radical (unpaired) electrons. The molecule has 2 aromatic heterocycles. The molecule has 0 spiro atoms. The Labute approximate surface area is 202 Å². The molecule has 1 aliphatic heterocycles. The van der Waals surface area contributed by atoms with Gasteiger partial charge in [-0.1, -0.05) is 18.2 Å². The van der Waals surface area contributed by atoms with Crippen LogP contribution in [0.1, 0.15) is 23.5 Å². The summed E-state index contributed by atoms with van der Waals surface area (Å²) in [5, 5.41) is 0.907. The topological polar surface area (TPSA) is 98.6 Å². The first kappa shape index (κ1) is 21.8. The van der Waals surface area contributed by atoms with Crippen LogP contribution in [-0.2, 0) is 4.79 Å². The van der Waals surface area contributed by atoms with Gasteiger partial charge in [0.25, 0.3) is 5.56 Å². The molecule has 0 fully saturated rings. The molecule has 1 N–H and O–H groups in total. The molecule has 0 aliphatic carbocycles. The van der Waals surface area contributed by atoms with Crippen LogP contribution in [0.5, 0.6) is 11.5 Å². The molecule has 7 nitrogen and oxygen atoms in total. The highest BCUT2D eigenvalue weighted by atomic mass is 19.1.